The molecule has 2 fully saturated rings. The number of ketones is 1. The Hall–Kier alpha value is -4.64. The van der Waals surface area contributed by atoms with Gasteiger partial charge in [0, 0.05) is 72.9 Å². The van der Waals surface area contributed by atoms with E-state index >= 15 is 0 Å². The number of amides is 7. The first-order valence-corrected chi connectivity index (χ1v) is 28.6. The smallest absolute Gasteiger partial charge is 0.243 e. The van der Waals surface area contributed by atoms with Crippen molar-refractivity contribution in [1.82, 2.24) is 37.2 Å². The summed E-state index contributed by atoms with van der Waals surface area (Å²) >= 11 is 0. The highest BCUT2D eigenvalue weighted by Gasteiger charge is 2.46. The van der Waals surface area contributed by atoms with Crippen molar-refractivity contribution in [3.05, 3.63) is 0 Å². The Morgan fingerprint density at radius 1 is 0.518 bits per heavy atom. The number of unbranched alkanes of at least 4 members (excludes halogenated alkanes) is 5. The van der Waals surface area contributed by atoms with Crippen LogP contribution in [0.5, 0.6) is 0 Å². The molecule has 0 aromatic rings. The number of carbonyl (C=O) groups excluding carboxylic acids is 8. The Labute approximate surface area is 484 Å². The van der Waals surface area contributed by atoms with Gasteiger partial charge in [-0.2, -0.15) is 0 Å². The third kappa shape index (κ3) is 28.9. The van der Waals surface area contributed by atoms with Gasteiger partial charge in [0.2, 0.25) is 41.4 Å². The SMILES string of the molecule is CC(=O)NC1C(OCCCCC(=O)NCCCCC(NC(=O)CCCCOC2OC(CO)C(O)C(O)C2NC(C)=O)C(=O)NC(CCCCNC(=O)CCCCOC(OC(CO)[C@@H](C)O)[C@H](CO)NC(C)=O)C(C)=O)OC(CO)C(O)C1O. The number of ether oxygens (including phenoxy) is 6. The average molecular weight is 1200 g/mol. The van der Waals surface area contributed by atoms with Crippen LogP contribution in [0.4, 0.5) is 0 Å². The van der Waals surface area contributed by atoms with Crippen LogP contribution in [0, 0.1) is 0 Å². The van der Waals surface area contributed by atoms with Crippen LogP contribution in [0.25, 0.3) is 0 Å². The van der Waals surface area contributed by atoms with Crippen molar-refractivity contribution in [2.45, 2.75) is 229 Å². The highest BCUT2D eigenvalue weighted by Crippen LogP contribution is 2.24. The van der Waals surface area contributed by atoms with Gasteiger partial charge in [0.1, 0.15) is 66.9 Å². The number of aliphatic hydroxyl groups is 9. The van der Waals surface area contributed by atoms with Gasteiger partial charge in [-0.25, -0.2) is 0 Å². The lowest BCUT2D eigenvalue weighted by molar-refractivity contribution is -0.270. The van der Waals surface area contributed by atoms with Crippen molar-refractivity contribution in [3.63, 3.8) is 0 Å². The summed E-state index contributed by atoms with van der Waals surface area (Å²) in [6.07, 6.45) is -9.61. The molecule has 0 radical (unpaired) electrons. The van der Waals surface area contributed by atoms with Crippen molar-refractivity contribution in [2.24, 2.45) is 0 Å². The van der Waals surface area contributed by atoms with Crippen LogP contribution in [0.1, 0.15) is 131 Å². The third-order valence-electron chi connectivity index (χ3n) is 13.6. The Kier molecular flexibility index (Phi) is 37.2. The molecule has 0 aromatic heterocycles. The van der Waals surface area contributed by atoms with E-state index in [1.165, 1.54) is 34.6 Å². The quantitative estimate of drug-likeness (QED) is 0.0201. The highest BCUT2D eigenvalue weighted by molar-refractivity contribution is 5.92. The fraction of sp³-hybridized carbons (Fsp3) is 0.849. The first-order chi connectivity index (χ1) is 39.5. The van der Waals surface area contributed by atoms with E-state index < -0.39 is 154 Å². The molecule has 0 aliphatic carbocycles. The number of carbonyl (C=O) groups is 8. The normalized spacial score (nSPS) is 24.7. The first-order valence-electron chi connectivity index (χ1n) is 28.6. The van der Waals surface area contributed by atoms with Gasteiger partial charge in [-0.05, 0) is 90.9 Å². The van der Waals surface area contributed by atoms with Crippen LogP contribution in [-0.2, 0) is 66.8 Å². The van der Waals surface area contributed by atoms with Crippen LogP contribution >= 0.6 is 0 Å². The van der Waals surface area contributed by atoms with Crippen LogP contribution in [0.3, 0.4) is 0 Å². The van der Waals surface area contributed by atoms with Crippen molar-refractivity contribution in [3.8, 4) is 0 Å². The number of Topliss-reactive ketones (excluding diaryl/α,β-unsaturated/α-hetero) is 1. The zero-order valence-corrected chi connectivity index (χ0v) is 48.4. The molecular weight excluding hydrogens is 1100 g/mol. The largest absolute Gasteiger partial charge is 0.394 e. The molecule has 16 atom stereocenters. The van der Waals surface area contributed by atoms with E-state index in [0.717, 1.165) is 0 Å². The summed E-state index contributed by atoms with van der Waals surface area (Å²) in [5.41, 5.74) is 0. The molecule has 14 unspecified atom stereocenters. The second kappa shape index (κ2) is 41.4. The van der Waals surface area contributed by atoms with E-state index in [1.807, 2.05) is 0 Å². The number of rotatable bonds is 43. The van der Waals surface area contributed by atoms with Gasteiger partial charge < -0.3 is 112 Å². The molecule has 7 amide bonds. The minimum Gasteiger partial charge on any atom is -0.394 e. The van der Waals surface area contributed by atoms with E-state index in [0.29, 0.717) is 51.4 Å². The maximum atomic E-state index is 13.8. The molecule has 30 nitrogen and oxygen atoms in total. The molecule has 30 heteroatoms. The summed E-state index contributed by atoms with van der Waals surface area (Å²) < 4.78 is 33.9. The maximum Gasteiger partial charge on any atom is 0.243 e. The highest BCUT2D eigenvalue weighted by atomic mass is 16.7. The van der Waals surface area contributed by atoms with Gasteiger partial charge in [0.15, 0.2) is 24.7 Å². The molecule has 0 spiro atoms. The average Bonchev–Trinajstić information content (AvgIpc) is 3.60. The van der Waals surface area contributed by atoms with Gasteiger partial charge >= 0.3 is 0 Å². The standard InChI is InChI=1S/C53H95N7O23/c1-30(65)35(16-6-11-21-54-41(70)18-8-13-23-78-51(37(26-61)56-32(3)67)81-38(27-62)31(2)66)60-50(77)36(59-43(72)20-10-15-25-80-53-45(58-34(5)69)49(76)47(74)40(29-64)83-53)17-7-12-22-55-42(71)19-9-14-24-79-52-44(57-33(4)68)48(75)46(73)39(28-63)82-52/h31,35-40,44-49,51-53,61-64,66,73-76H,6-29H2,1-5H3,(H,54,70)(H,55,71)(H,56,67)(H,57,68)(H,58,69)(H,59,72)(H,60,77)/t31-,35?,36?,37+,38?,39?,40?,44?,45?,46?,47?,48?,49?,51?,52?,53?/m1/s1. The fourth-order valence-corrected chi connectivity index (χ4v) is 8.94. The summed E-state index contributed by atoms with van der Waals surface area (Å²) in [6, 6.07) is -5.23. The van der Waals surface area contributed by atoms with E-state index in [1.54, 1.807) is 0 Å². The summed E-state index contributed by atoms with van der Waals surface area (Å²) in [6.45, 7) is 4.71. The molecule has 2 aliphatic rings. The van der Waals surface area contributed by atoms with Gasteiger partial charge in [0.05, 0.1) is 38.6 Å². The summed E-state index contributed by atoms with van der Waals surface area (Å²) in [4.78, 5) is 100. The number of hydrogen-bond acceptors (Lipinski definition) is 23. The zero-order chi connectivity index (χ0) is 62.0. The second-order valence-corrected chi connectivity index (χ2v) is 20.8. The first kappa shape index (κ1) is 74.5. The van der Waals surface area contributed by atoms with Gasteiger partial charge in [-0.15, -0.1) is 0 Å². The van der Waals surface area contributed by atoms with E-state index in [9.17, 15) is 84.3 Å². The van der Waals surface area contributed by atoms with Crippen molar-refractivity contribution in [2.75, 3.05) is 59.3 Å². The van der Waals surface area contributed by atoms with Gasteiger partial charge in [-0.1, -0.05) is 0 Å². The van der Waals surface area contributed by atoms with Crippen LogP contribution in [0.15, 0.2) is 0 Å². The van der Waals surface area contributed by atoms with Gasteiger partial charge in [-0.3, -0.25) is 38.4 Å². The number of aliphatic hydroxyl groups excluding tert-OH is 9. The molecule has 2 heterocycles. The van der Waals surface area contributed by atoms with E-state index in [-0.39, 0.29) is 95.5 Å². The molecule has 16 N–H and O–H groups in total. The molecule has 0 saturated carbocycles. The Morgan fingerprint density at radius 2 is 0.976 bits per heavy atom. The van der Waals surface area contributed by atoms with E-state index in [4.69, 9.17) is 28.4 Å². The van der Waals surface area contributed by atoms with Crippen molar-refractivity contribution in [1.29, 1.82) is 0 Å². The monoisotopic (exact) mass is 1200 g/mol. The van der Waals surface area contributed by atoms with Crippen LogP contribution in [0.2, 0.25) is 0 Å². The summed E-state index contributed by atoms with van der Waals surface area (Å²) in [7, 11) is 0. The third-order valence-corrected chi connectivity index (χ3v) is 13.6. The minimum atomic E-state index is -1.50. The second-order valence-electron chi connectivity index (χ2n) is 20.8. The van der Waals surface area contributed by atoms with Crippen LogP contribution in [-0.4, -0.2) is 250 Å². The summed E-state index contributed by atoms with van der Waals surface area (Å²) in [5.74, 6) is -3.43. The molecule has 0 aromatic carbocycles. The molecule has 480 valence electrons. The molecule has 0 bridgehead atoms. The Bertz CT molecular complexity index is 1940. The number of nitrogens with one attached hydrogen (secondary N) is 7. The molecular formula is C53H95N7O23. The molecule has 2 saturated heterocycles. The lowest BCUT2D eigenvalue weighted by Crippen LogP contribution is -2.64. The molecule has 83 heavy (non-hydrogen) atoms. The van der Waals surface area contributed by atoms with Crippen molar-refractivity contribution >= 4 is 47.1 Å². The zero-order valence-electron chi connectivity index (χ0n) is 48.4. The lowest BCUT2D eigenvalue weighted by Gasteiger charge is -2.42. The summed E-state index contributed by atoms with van der Waals surface area (Å²) in [5, 5.41) is 109. The maximum absolute atomic E-state index is 13.8. The van der Waals surface area contributed by atoms with Crippen LogP contribution < -0.4 is 37.2 Å². The van der Waals surface area contributed by atoms with Crippen molar-refractivity contribution < 1.29 is 113 Å². The van der Waals surface area contributed by atoms with Gasteiger partial charge in [0.25, 0.3) is 0 Å². The Morgan fingerprint density at radius 3 is 1.39 bits per heavy atom. The topological polar surface area (TPSA) is 458 Å². The number of hydrogen-bond donors (Lipinski definition) is 16. The molecule has 2 aliphatic heterocycles. The lowest BCUT2D eigenvalue weighted by atomic mass is 9.97. The van der Waals surface area contributed by atoms with E-state index in [2.05, 4.69) is 37.2 Å². The fourth-order valence-electron chi connectivity index (χ4n) is 8.94. The Balaban J connectivity index is 1.93. The minimum absolute atomic E-state index is 0.0107. The molecule has 2 rings (SSSR count). The predicted octanol–water partition coefficient (Wildman–Crippen LogP) is -4.85. The predicted molar refractivity (Wildman–Crippen MR) is 291 cm³/mol.